The van der Waals surface area contributed by atoms with Crippen LogP contribution in [0.2, 0.25) is 0 Å². The van der Waals surface area contributed by atoms with Crippen LogP contribution >= 0.6 is 0 Å². The minimum absolute atomic E-state index is 0.0790. The number of aliphatic hydroxyl groups excluding tert-OH is 1. The molecule has 0 radical (unpaired) electrons. The summed E-state index contributed by atoms with van der Waals surface area (Å²) in [4.78, 5) is 31.2. The number of nitrogens with zero attached hydrogens (tertiary/aromatic N) is 2. The molecule has 37 heavy (non-hydrogen) atoms. The van der Waals surface area contributed by atoms with Crippen LogP contribution in [0.1, 0.15) is 57.2 Å². The van der Waals surface area contributed by atoms with Crippen LogP contribution in [-0.2, 0) is 26.5 Å². The van der Waals surface area contributed by atoms with Crippen LogP contribution in [0.5, 0.6) is 5.75 Å². The Morgan fingerprint density at radius 1 is 1.24 bits per heavy atom. The van der Waals surface area contributed by atoms with Crippen LogP contribution < -0.4 is 9.64 Å². The molecule has 0 aromatic heterocycles. The predicted octanol–water partition coefficient (Wildman–Crippen LogP) is 4.27. The Hall–Kier alpha value is -3.16. The highest BCUT2D eigenvalue weighted by atomic mass is 16.5. The topological polar surface area (TPSA) is 79.3 Å². The molecule has 0 saturated carbocycles. The maximum Gasteiger partial charge on any atom is 0.265 e. The summed E-state index contributed by atoms with van der Waals surface area (Å²) in [6, 6.07) is 13.6. The summed E-state index contributed by atoms with van der Waals surface area (Å²) in [5.74, 6) is 0.381. The van der Waals surface area contributed by atoms with Crippen molar-refractivity contribution in [2.45, 2.75) is 64.3 Å². The molecule has 2 aromatic carbocycles. The van der Waals surface area contributed by atoms with Crippen LogP contribution in [0.15, 0.2) is 48.5 Å². The first kappa shape index (κ1) is 25.5. The van der Waals surface area contributed by atoms with Gasteiger partial charge in [-0.1, -0.05) is 43.3 Å². The molecular formula is C30H36N2O5. The number of methoxy groups -OCH3 is 1. The van der Waals surface area contributed by atoms with Crippen LogP contribution in [0.4, 0.5) is 5.69 Å². The molecule has 0 aliphatic carbocycles. The Kier molecular flexibility index (Phi) is 6.40. The van der Waals surface area contributed by atoms with E-state index in [1.165, 1.54) is 0 Å². The van der Waals surface area contributed by atoms with Gasteiger partial charge in [0, 0.05) is 30.1 Å². The van der Waals surface area contributed by atoms with Crippen LogP contribution in [0, 0.1) is 5.92 Å². The van der Waals surface area contributed by atoms with Gasteiger partial charge in [0.2, 0.25) is 5.91 Å². The Bertz CT molecular complexity index is 1250. The van der Waals surface area contributed by atoms with E-state index in [1.54, 1.807) is 12.0 Å². The lowest BCUT2D eigenvalue weighted by atomic mass is 9.82. The molecule has 3 aliphatic rings. The van der Waals surface area contributed by atoms with E-state index in [2.05, 4.69) is 13.0 Å². The van der Waals surface area contributed by atoms with Crippen molar-refractivity contribution in [3.8, 4) is 5.75 Å². The number of aliphatic hydroxyl groups is 1. The van der Waals surface area contributed by atoms with E-state index in [0.717, 1.165) is 28.0 Å². The summed E-state index contributed by atoms with van der Waals surface area (Å²) in [6.45, 7) is 8.74. The quantitative estimate of drug-likeness (QED) is 0.609. The van der Waals surface area contributed by atoms with Gasteiger partial charge in [0.1, 0.15) is 5.75 Å². The normalized spacial score (nSPS) is 25.3. The first-order valence-corrected chi connectivity index (χ1v) is 13.0. The summed E-state index contributed by atoms with van der Waals surface area (Å²) in [5, 5.41) is 9.59. The third kappa shape index (κ3) is 4.05. The van der Waals surface area contributed by atoms with Crippen molar-refractivity contribution in [1.82, 2.24) is 4.90 Å². The van der Waals surface area contributed by atoms with Gasteiger partial charge in [-0.2, -0.15) is 0 Å². The molecule has 7 nitrogen and oxygen atoms in total. The van der Waals surface area contributed by atoms with Crippen molar-refractivity contribution >= 4 is 23.1 Å². The molecule has 196 valence electrons. The Balaban J connectivity index is 1.46. The van der Waals surface area contributed by atoms with Crippen molar-refractivity contribution in [3.05, 3.63) is 65.2 Å². The first-order chi connectivity index (χ1) is 17.6. The molecule has 1 N–H and O–H groups in total. The van der Waals surface area contributed by atoms with E-state index in [1.807, 2.05) is 68.1 Å². The van der Waals surface area contributed by atoms with Crippen molar-refractivity contribution in [2.24, 2.45) is 5.92 Å². The lowest BCUT2D eigenvalue weighted by Crippen LogP contribution is -2.52. The fourth-order valence-corrected chi connectivity index (χ4v) is 6.40. The molecule has 2 aromatic rings. The lowest BCUT2D eigenvalue weighted by molar-refractivity contribution is -0.150. The third-order valence-corrected chi connectivity index (χ3v) is 8.04. The number of hydrogen-bond donors (Lipinski definition) is 1. The zero-order valence-electron chi connectivity index (χ0n) is 22.3. The minimum Gasteiger partial charge on any atom is -0.497 e. The third-order valence-electron chi connectivity index (χ3n) is 8.04. The van der Waals surface area contributed by atoms with Crippen molar-refractivity contribution in [3.63, 3.8) is 0 Å². The summed E-state index contributed by atoms with van der Waals surface area (Å²) < 4.78 is 12.3. The van der Waals surface area contributed by atoms with Crippen molar-refractivity contribution in [1.29, 1.82) is 0 Å². The number of allylic oxidation sites excluding steroid dienone is 1. The molecule has 2 amide bonds. The van der Waals surface area contributed by atoms with Gasteiger partial charge in [-0.25, -0.2) is 0 Å². The zero-order chi connectivity index (χ0) is 26.5. The molecule has 5 rings (SSSR count). The van der Waals surface area contributed by atoms with E-state index in [-0.39, 0.29) is 37.3 Å². The second-order valence-corrected chi connectivity index (χ2v) is 11.0. The molecule has 1 saturated heterocycles. The van der Waals surface area contributed by atoms with E-state index in [0.29, 0.717) is 18.7 Å². The highest BCUT2D eigenvalue weighted by Crippen LogP contribution is 2.59. The smallest absolute Gasteiger partial charge is 0.265 e. The number of amides is 2. The van der Waals surface area contributed by atoms with E-state index < -0.39 is 17.2 Å². The number of carbonyl (C=O) groups is 2. The second-order valence-electron chi connectivity index (χ2n) is 11.0. The number of ether oxygens (including phenoxy) is 2. The van der Waals surface area contributed by atoms with Gasteiger partial charge in [-0.15, -0.1) is 0 Å². The van der Waals surface area contributed by atoms with Gasteiger partial charge in [0.25, 0.3) is 5.91 Å². The van der Waals surface area contributed by atoms with Crippen LogP contribution in [-0.4, -0.2) is 53.7 Å². The molecule has 3 heterocycles. The molecule has 1 fully saturated rings. The van der Waals surface area contributed by atoms with E-state index in [4.69, 9.17) is 9.47 Å². The van der Waals surface area contributed by atoms with E-state index in [9.17, 15) is 14.7 Å². The van der Waals surface area contributed by atoms with Gasteiger partial charge in [0.15, 0.2) is 5.60 Å². The standard InChI is InChI=1S/C30H36N2O5/c1-19-17-29(3,4)32-27-24(19)14-22(36-5)15-25(27)30(28(32)35)20(2)13-23(37-30)16-26(34)31(11-12-33)18-21-9-7-6-8-10-21/h6-10,14-15,17,20,23,33H,11-13,16,18H2,1-5H3/t20-,23-,30+/m1/s1. The molecule has 3 aliphatic heterocycles. The van der Waals surface area contributed by atoms with Crippen molar-refractivity contribution in [2.75, 3.05) is 25.2 Å². The maximum atomic E-state index is 14.2. The number of rotatable bonds is 7. The average molecular weight is 505 g/mol. The molecule has 1 spiro atoms. The Morgan fingerprint density at radius 2 is 1.97 bits per heavy atom. The summed E-state index contributed by atoms with van der Waals surface area (Å²) in [6.07, 6.45) is 2.44. The number of hydrogen-bond acceptors (Lipinski definition) is 5. The molecular weight excluding hydrogens is 468 g/mol. The maximum absolute atomic E-state index is 14.2. The number of fused-ring (bicyclic) bond motifs is 1. The molecule has 3 atom stereocenters. The molecule has 0 unspecified atom stereocenters. The van der Waals surface area contributed by atoms with Gasteiger partial charge >= 0.3 is 0 Å². The van der Waals surface area contributed by atoms with Crippen molar-refractivity contribution < 1.29 is 24.2 Å². The largest absolute Gasteiger partial charge is 0.497 e. The monoisotopic (exact) mass is 504 g/mol. The van der Waals surface area contributed by atoms with Gasteiger partial charge < -0.3 is 19.5 Å². The second kappa shape index (κ2) is 9.30. The fraction of sp³-hybridized carbons (Fsp3) is 0.467. The average Bonchev–Trinajstić information content (AvgIpc) is 3.32. The Labute approximate surface area is 218 Å². The minimum atomic E-state index is -1.17. The lowest BCUT2D eigenvalue weighted by Gasteiger charge is -2.39. The summed E-state index contributed by atoms with van der Waals surface area (Å²) in [7, 11) is 1.63. The molecule has 7 heteroatoms. The zero-order valence-corrected chi connectivity index (χ0v) is 22.3. The molecule has 0 bridgehead atoms. The van der Waals surface area contributed by atoms with Gasteiger partial charge in [-0.05, 0) is 50.5 Å². The SMILES string of the molecule is COc1cc2c3c(c1)[C@]1(O[C@@H](CC(=O)N(CCO)Cc4ccccc4)C[C@H]1C)C(=O)N3C(C)(C)C=C2C. The summed E-state index contributed by atoms with van der Waals surface area (Å²) in [5.41, 5.74) is 3.11. The number of anilines is 1. The fourth-order valence-electron chi connectivity index (χ4n) is 6.40. The Morgan fingerprint density at radius 3 is 2.65 bits per heavy atom. The van der Waals surface area contributed by atoms with Crippen LogP contribution in [0.3, 0.4) is 0 Å². The van der Waals surface area contributed by atoms with Gasteiger partial charge in [-0.3, -0.25) is 14.5 Å². The van der Waals surface area contributed by atoms with Gasteiger partial charge in [0.05, 0.1) is 37.5 Å². The predicted molar refractivity (Wildman–Crippen MR) is 142 cm³/mol. The summed E-state index contributed by atoms with van der Waals surface area (Å²) >= 11 is 0. The van der Waals surface area contributed by atoms with E-state index >= 15 is 0 Å². The first-order valence-electron chi connectivity index (χ1n) is 13.0. The highest BCUT2D eigenvalue weighted by Gasteiger charge is 2.63. The number of benzene rings is 2. The van der Waals surface area contributed by atoms with Crippen LogP contribution in [0.25, 0.3) is 5.57 Å². The highest BCUT2D eigenvalue weighted by molar-refractivity contribution is 6.12. The number of carbonyl (C=O) groups excluding carboxylic acids is 2.